The molecular formula is C31H60O7Si. The van der Waals surface area contributed by atoms with Gasteiger partial charge in [0.15, 0.2) is 8.32 Å². The maximum absolute atomic E-state index is 12.7. The molecule has 0 unspecified atom stereocenters. The first-order valence-corrected chi connectivity index (χ1v) is 17.9. The van der Waals surface area contributed by atoms with E-state index < -0.39 is 20.0 Å². The topological polar surface area (TPSA) is 83.5 Å². The maximum Gasteiger partial charge on any atom is 0.306 e. The highest BCUT2D eigenvalue weighted by Crippen LogP contribution is 2.43. The van der Waals surface area contributed by atoms with Crippen LogP contribution < -0.4 is 0 Å². The smallest absolute Gasteiger partial charge is 0.306 e. The number of methoxy groups -OCH3 is 1. The standard InChI is InChI=1S/C31H60O7Si/c1-12-25(36-22-35-20-19-34-9)16-14-18-27(32)23(2)29(38-39(10,11)31(6,7)8)26-17-13-15-24(26)21-28(33)37-30(3,4)5/h13,15,23-27,29,32H,12,14,16-22H2,1-11H3/t23-,24-,25+,26-,27+,29+/m1/s1. The highest BCUT2D eigenvalue weighted by atomic mass is 28.4. The molecule has 0 saturated carbocycles. The Bertz CT molecular complexity index is 725. The minimum atomic E-state index is -2.13. The fourth-order valence-electron chi connectivity index (χ4n) is 4.79. The minimum absolute atomic E-state index is 0.0413. The van der Waals surface area contributed by atoms with Crippen LogP contribution in [-0.2, 0) is 28.2 Å². The molecule has 1 aliphatic rings. The number of aliphatic hydroxyl groups is 1. The van der Waals surface area contributed by atoms with Crippen LogP contribution in [-0.4, -0.2) is 70.4 Å². The Labute approximate surface area is 240 Å². The molecule has 0 aromatic carbocycles. The first kappa shape index (κ1) is 36.3. The van der Waals surface area contributed by atoms with Gasteiger partial charge in [-0.25, -0.2) is 0 Å². The van der Waals surface area contributed by atoms with Gasteiger partial charge in [-0.2, -0.15) is 0 Å². The van der Waals surface area contributed by atoms with Crippen molar-refractivity contribution in [3.63, 3.8) is 0 Å². The summed E-state index contributed by atoms with van der Waals surface area (Å²) in [6, 6.07) is 0. The van der Waals surface area contributed by atoms with E-state index in [0.717, 1.165) is 25.7 Å². The molecule has 0 heterocycles. The van der Waals surface area contributed by atoms with Crippen LogP contribution in [0.1, 0.15) is 93.9 Å². The normalized spacial score (nSPS) is 21.5. The van der Waals surface area contributed by atoms with Crippen LogP contribution in [0, 0.1) is 17.8 Å². The summed E-state index contributed by atoms with van der Waals surface area (Å²) < 4.78 is 29.0. The molecule has 7 nitrogen and oxygen atoms in total. The van der Waals surface area contributed by atoms with E-state index in [0.29, 0.717) is 26.1 Å². The minimum Gasteiger partial charge on any atom is -0.460 e. The molecule has 0 bridgehead atoms. The van der Waals surface area contributed by atoms with Gasteiger partial charge in [0.25, 0.3) is 0 Å². The molecule has 0 amide bonds. The van der Waals surface area contributed by atoms with Crippen LogP contribution >= 0.6 is 0 Å². The Hall–Kier alpha value is -0.773. The molecule has 39 heavy (non-hydrogen) atoms. The Morgan fingerprint density at radius 2 is 1.77 bits per heavy atom. The third kappa shape index (κ3) is 13.2. The first-order chi connectivity index (χ1) is 18.0. The van der Waals surface area contributed by atoms with E-state index in [1.807, 2.05) is 20.8 Å². The molecule has 1 N–H and O–H groups in total. The average molecular weight is 573 g/mol. The number of aliphatic hydroxyl groups excluding tert-OH is 1. The van der Waals surface area contributed by atoms with E-state index in [-0.39, 0.29) is 47.8 Å². The molecule has 1 rings (SSSR count). The zero-order chi connectivity index (χ0) is 29.9. The zero-order valence-corrected chi connectivity index (χ0v) is 27.9. The summed E-state index contributed by atoms with van der Waals surface area (Å²) in [7, 11) is -0.479. The summed E-state index contributed by atoms with van der Waals surface area (Å²) in [5.74, 6) is -0.0730. The van der Waals surface area contributed by atoms with Crippen LogP contribution in [0.2, 0.25) is 18.1 Å². The molecule has 0 aromatic rings. The highest BCUT2D eigenvalue weighted by Gasteiger charge is 2.45. The summed E-state index contributed by atoms with van der Waals surface area (Å²) in [5, 5.41) is 11.4. The number of carbonyl (C=O) groups is 1. The lowest BCUT2D eigenvalue weighted by Crippen LogP contribution is -2.50. The number of carbonyl (C=O) groups excluding carboxylic acids is 1. The SMILES string of the molecule is CC[C@@H](CCC[C@H](O)[C@@H](C)[C@H](O[Si](C)(C)C(C)(C)C)[C@@H]1CC=C[C@@H]1CC(=O)OC(C)(C)C)OCOCCOC. The molecule has 0 saturated heterocycles. The summed E-state index contributed by atoms with van der Waals surface area (Å²) in [4.78, 5) is 12.7. The van der Waals surface area contributed by atoms with Crippen molar-refractivity contribution in [2.75, 3.05) is 27.1 Å². The fourth-order valence-corrected chi connectivity index (χ4v) is 6.21. The quantitative estimate of drug-likeness (QED) is 0.0630. The van der Waals surface area contributed by atoms with Crippen molar-refractivity contribution < 1.29 is 33.3 Å². The van der Waals surface area contributed by atoms with Crippen molar-refractivity contribution in [2.24, 2.45) is 17.8 Å². The Balaban J connectivity index is 2.90. The van der Waals surface area contributed by atoms with Gasteiger partial charge in [0.1, 0.15) is 12.4 Å². The lowest BCUT2D eigenvalue weighted by molar-refractivity contribution is -0.156. The Morgan fingerprint density at radius 1 is 1.10 bits per heavy atom. The molecule has 230 valence electrons. The van der Waals surface area contributed by atoms with E-state index in [2.05, 4.69) is 59.9 Å². The Kier molecular flexibility index (Phi) is 15.4. The number of ether oxygens (including phenoxy) is 4. The summed E-state index contributed by atoms with van der Waals surface area (Å²) in [6.45, 7) is 22.5. The zero-order valence-electron chi connectivity index (χ0n) is 26.9. The molecule has 0 aromatic heterocycles. The molecule has 0 radical (unpaired) electrons. The van der Waals surface area contributed by atoms with Crippen LogP contribution in [0.25, 0.3) is 0 Å². The van der Waals surface area contributed by atoms with E-state index in [4.69, 9.17) is 23.4 Å². The Morgan fingerprint density at radius 3 is 2.33 bits per heavy atom. The van der Waals surface area contributed by atoms with E-state index in [1.165, 1.54) is 0 Å². The second kappa shape index (κ2) is 16.6. The van der Waals surface area contributed by atoms with Crippen molar-refractivity contribution in [3.05, 3.63) is 12.2 Å². The predicted octanol–water partition coefficient (Wildman–Crippen LogP) is 6.88. The van der Waals surface area contributed by atoms with Crippen LogP contribution in [0.15, 0.2) is 12.2 Å². The summed E-state index contributed by atoms with van der Waals surface area (Å²) >= 11 is 0. The van der Waals surface area contributed by atoms with Gasteiger partial charge in [-0.1, -0.05) is 46.8 Å². The molecule has 8 heteroatoms. The van der Waals surface area contributed by atoms with Gasteiger partial charge in [0.2, 0.25) is 0 Å². The molecule has 1 aliphatic carbocycles. The highest BCUT2D eigenvalue weighted by molar-refractivity contribution is 6.74. The number of rotatable bonds is 18. The number of hydrogen-bond acceptors (Lipinski definition) is 7. The van der Waals surface area contributed by atoms with Crippen molar-refractivity contribution in [1.29, 1.82) is 0 Å². The lowest BCUT2D eigenvalue weighted by atomic mass is 9.79. The number of allylic oxidation sites excluding steroid dienone is 2. The molecule has 0 spiro atoms. The van der Waals surface area contributed by atoms with Gasteiger partial charge in [0.05, 0.1) is 37.9 Å². The van der Waals surface area contributed by atoms with Gasteiger partial charge in [-0.05, 0) is 82.8 Å². The summed E-state index contributed by atoms with van der Waals surface area (Å²) in [5.41, 5.74) is -0.508. The second-order valence-electron chi connectivity index (χ2n) is 13.7. The van der Waals surface area contributed by atoms with Crippen LogP contribution in [0.5, 0.6) is 0 Å². The lowest BCUT2D eigenvalue weighted by Gasteiger charge is -2.45. The molecular weight excluding hydrogens is 512 g/mol. The van der Waals surface area contributed by atoms with Crippen LogP contribution in [0.4, 0.5) is 0 Å². The van der Waals surface area contributed by atoms with Crippen molar-refractivity contribution in [1.82, 2.24) is 0 Å². The van der Waals surface area contributed by atoms with E-state index in [9.17, 15) is 9.90 Å². The average Bonchev–Trinajstić information content (AvgIpc) is 3.26. The molecule has 0 fully saturated rings. The van der Waals surface area contributed by atoms with Gasteiger partial charge < -0.3 is 28.5 Å². The maximum atomic E-state index is 12.7. The van der Waals surface area contributed by atoms with Gasteiger partial charge in [-0.3, -0.25) is 4.79 Å². The van der Waals surface area contributed by atoms with Crippen molar-refractivity contribution >= 4 is 14.3 Å². The largest absolute Gasteiger partial charge is 0.460 e. The fraction of sp³-hybridized carbons (Fsp3) is 0.903. The second-order valence-corrected chi connectivity index (χ2v) is 18.5. The number of hydrogen-bond donors (Lipinski definition) is 1. The van der Waals surface area contributed by atoms with Gasteiger partial charge >= 0.3 is 5.97 Å². The number of esters is 1. The van der Waals surface area contributed by atoms with Crippen molar-refractivity contribution in [2.45, 2.75) is 136 Å². The van der Waals surface area contributed by atoms with Crippen LogP contribution in [0.3, 0.4) is 0 Å². The first-order valence-electron chi connectivity index (χ1n) is 14.9. The van der Waals surface area contributed by atoms with E-state index >= 15 is 0 Å². The van der Waals surface area contributed by atoms with E-state index in [1.54, 1.807) is 7.11 Å². The summed E-state index contributed by atoms with van der Waals surface area (Å²) in [6.07, 6.45) is 8.26. The third-order valence-corrected chi connectivity index (χ3v) is 12.7. The van der Waals surface area contributed by atoms with Gasteiger partial charge in [0, 0.05) is 13.0 Å². The van der Waals surface area contributed by atoms with Gasteiger partial charge in [-0.15, -0.1) is 0 Å². The van der Waals surface area contributed by atoms with Crippen molar-refractivity contribution in [3.8, 4) is 0 Å². The third-order valence-electron chi connectivity index (χ3n) is 8.25. The monoisotopic (exact) mass is 572 g/mol. The molecule has 6 atom stereocenters. The predicted molar refractivity (Wildman–Crippen MR) is 160 cm³/mol. The molecule has 0 aliphatic heterocycles.